The van der Waals surface area contributed by atoms with Crippen molar-refractivity contribution in [1.29, 1.82) is 0 Å². The van der Waals surface area contributed by atoms with Gasteiger partial charge < -0.3 is 10.0 Å². The Labute approximate surface area is 135 Å². The van der Waals surface area contributed by atoms with Crippen molar-refractivity contribution in [1.82, 2.24) is 4.90 Å². The largest absolute Gasteiger partial charge is 0.388 e. The lowest BCUT2D eigenvalue weighted by Crippen LogP contribution is -2.42. The summed E-state index contributed by atoms with van der Waals surface area (Å²) in [5, 5.41) is 10.6. The van der Waals surface area contributed by atoms with Gasteiger partial charge in [0, 0.05) is 31.4 Å². The molecule has 1 unspecified atom stereocenters. The highest BCUT2D eigenvalue weighted by Gasteiger charge is 2.21. The fraction of sp³-hybridized carbons (Fsp3) is 0.684. The van der Waals surface area contributed by atoms with Crippen LogP contribution in [0.25, 0.3) is 0 Å². The molecule has 3 nitrogen and oxygen atoms in total. The van der Waals surface area contributed by atoms with Crippen LogP contribution in [-0.4, -0.2) is 42.2 Å². The smallest absolute Gasteiger partial charge is 0.0802 e. The van der Waals surface area contributed by atoms with E-state index in [0.717, 1.165) is 38.0 Å². The van der Waals surface area contributed by atoms with E-state index in [9.17, 15) is 5.11 Å². The van der Waals surface area contributed by atoms with Crippen LogP contribution in [-0.2, 0) is 6.42 Å². The summed E-state index contributed by atoms with van der Waals surface area (Å²) in [4.78, 5) is 4.73. The zero-order valence-electron chi connectivity index (χ0n) is 14.9. The standard InChI is InChI=1S/C19H32N2O/c1-6-21(19(2,3)4)13-11-18(22)16-9-10-17-15(14-16)8-7-12-20(17)5/h9-10,14,18,22H,6-8,11-13H2,1-5H3. The number of fused-ring (bicyclic) bond motifs is 1. The summed E-state index contributed by atoms with van der Waals surface area (Å²) in [6, 6.07) is 6.48. The van der Waals surface area contributed by atoms with Crippen LogP contribution in [0.2, 0.25) is 0 Å². The van der Waals surface area contributed by atoms with Crippen LogP contribution in [0.4, 0.5) is 5.69 Å². The van der Waals surface area contributed by atoms with E-state index >= 15 is 0 Å². The Kier molecular flexibility index (Phi) is 5.51. The second-order valence-corrected chi connectivity index (χ2v) is 7.47. The minimum absolute atomic E-state index is 0.160. The molecule has 0 bridgehead atoms. The second kappa shape index (κ2) is 7.01. The molecular formula is C19H32N2O. The summed E-state index contributed by atoms with van der Waals surface area (Å²) in [6.07, 6.45) is 2.76. The molecule has 0 radical (unpaired) electrons. The third-order valence-electron chi connectivity index (χ3n) is 4.84. The first-order valence-corrected chi connectivity index (χ1v) is 8.60. The Balaban J connectivity index is 2.02. The zero-order chi connectivity index (χ0) is 16.3. The van der Waals surface area contributed by atoms with E-state index < -0.39 is 0 Å². The first-order chi connectivity index (χ1) is 10.3. The summed E-state index contributed by atoms with van der Waals surface area (Å²) in [6.45, 7) is 12.0. The van der Waals surface area contributed by atoms with Crippen molar-refractivity contribution in [3.63, 3.8) is 0 Å². The van der Waals surface area contributed by atoms with E-state index in [1.165, 1.54) is 17.7 Å². The Hall–Kier alpha value is -1.06. The maximum absolute atomic E-state index is 10.6. The first-order valence-electron chi connectivity index (χ1n) is 8.60. The van der Waals surface area contributed by atoms with Gasteiger partial charge in [-0.3, -0.25) is 4.90 Å². The molecule has 0 spiro atoms. The van der Waals surface area contributed by atoms with Gasteiger partial charge in [0.15, 0.2) is 0 Å². The molecule has 124 valence electrons. The van der Waals surface area contributed by atoms with Gasteiger partial charge in [0.05, 0.1) is 6.10 Å². The predicted octanol–water partition coefficient (Wildman–Crippen LogP) is 3.61. The average Bonchev–Trinajstić information content (AvgIpc) is 2.46. The third kappa shape index (κ3) is 4.02. The van der Waals surface area contributed by atoms with Gasteiger partial charge in [-0.2, -0.15) is 0 Å². The molecule has 3 heteroatoms. The van der Waals surface area contributed by atoms with Gasteiger partial charge in [0.2, 0.25) is 0 Å². The molecule has 0 saturated heterocycles. The van der Waals surface area contributed by atoms with Crippen molar-refractivity contribution in [2.75, 3.05) is 31.6 Å². The fourth-order valence-electron chi connectivity index (χ4n) is 3.43. The number of rotatable bonds is 5. The minimum atomic E-state index is -0.367. The molecule has 1 aliphatic heterocycles. The van der Waals surface area contributed by atoms with E-state index in [0.29, 0.717) is 0 Å². The van der Waals surface area contributed by atoms with E-state index in [-0.39, 0.29) is 11.6 Å². The maximum atomic E-state index is 10.6. The molecule has 1 atom stereocenters. The highest BCUT2D eigenvalue weighted by atomic mass is 16.3. The molecular weight excluding hydrogens is 272 g/mol. The summed E-state index contributed by atoms with van der Waals surface area (Å²) >= 11 is 0. The van der Waals surface area contributed by atoms with Gasteiger partial charge >= 0.3 is 0 Å². The van der Waals surface area contributed by atoms with Crippen LogP contribution in [0.3, 0.4) is 0 Å². The number of aliphatic hydroxyl groups is 1. The third-order valence-corrected chi connectivity index (χ3v) is 4.84. The van der Waals surface area contributed by atoms with Crippen LogP contribution >= 0.6 is 0 Å². The van der Waals surface area contributed by atoms with Gasteiger partial charge in [-0.1, -0.05) is 19.1 Å². The molecule has 0 saturated carbocycles. The lowest BCUT2D eigenvalue weighted by molar-refractivity contribution is 0.0997. The molecule has 1 N–H and O–H groups in total. The molecule has 0 amide bonds. The van der Waals surface area contributed by atoms with Crippen LogP contribution in [0.1, 0.15) is 57.8 Å². The molecule has 1 aromatic rings. The average molecular weight is 304 g/mol. The molecule has 0 fully saturated rings. The molecule has 0 aliphatic carbocycles. The van der Waals surface area contributed by atoms with Crippen molar-refractivity contribution in [2.24, 2.45) is 0 Å². The van der Waals surface area contributed by atoms with Crippen molar-refractivity contribution in [2.45, 2.75) is 58.6 Å². The molecule has 1 aliphatic rings. The van der Waals surface area contributed by atoms with Gasteiger partial charge in [0.25, 0.3) is 0 Å². The maximum Gasteiger partial charge on any atom is 0.0802 e. The van der Waals surface area contributed by atoms with Crippen molar-refractivity contribution in [3.8, 4) is 0 Å². The van der Waals surface area contributed by atoms with E-state index in [1.807, 2.05) is 0 Å². The highest BCUT2D eigenvalue weighted by Crippen LogP contribution is 2.30. The highest BCUT2D eigenvalue weighted by molar-refractivity contribution is 5.56. The normalized spacial score (nSPS) is 16.8. The monoisotopic (exact) mass is 304 g/mol. The summed E-state index contributed by atoms with van der Waals surface area (Å²) in [7, 11) is 2.15. The minimum Gasteiger partial charge on any atom is -0.388 e. The molecule has 0 aromatic heterocycles. The molecule has 22 heavy (non-hydrogen) atoms. The van der Waals surface area contributed by atoms with E-state index in [1.54, 1.807) is 0 Å². The Morgan fingerprint density at radius 1 is 1.32 bits per heavy atom. The lowest BCUT2D eigenvalue weighted by Gasteiger charge is -2.35. The van der Waals surface area contributed by atoms with E-state index in [4.69, 9.17) is 0 Å². The first kappa shape index (κ1) is 17.3. The number of benzene rings is 1. The van der Waals surface area contributed by atoms with Gasteiger partial charge in [0.1, 0.15) is 0 Å². The van der Waals surface area contributed by atoms with Crippen LogP contribution in [0, 0.1) is 0 Å². The number of hydrogen-bond acceptors (Lipinski definition) is 3. The summed E-state index contributed by atoms with van der Waals surface area (Å²) < 4.78 is 0. The number of hydrogen-bond donors (Lipinski definition) is 1. The fourth-order valence-corrected chi connectivity index (χ4v) is 3.43. The van der Waals surface area contributed by atoms with Gasteiger partial charge in [-0.05, 0) is 63.8 Å². The number of nitrogens with zero attached hydrogens (tertiary/aromatic N) is 2. The number of anilines is 1. The molecule has 1 aromatic carbocycles. The predicted molar refractivity (Wildman–Crippen MR) is 94.6 cm³/mol. The zero-order valence-corrected chi connectivity index (χ0v) is 14.9. The molecule has 1 heterocycles. The lowest BCUT2D eigenvalue weighted by atomic mass is 9.96. The van der Waals surface area contributed by atoms with Gasteiger partial charge in [-0.15, -0.1) is 0 Å². The van der Waals surface area contributed by atoms with E-state index in [2.05, 4.69) is 62.7 Å². The van der Waals surface area contributed by atoms with Crippen molar-refractivity contribution >= 4 is 5.69 Å². The van der Waals surface area contributed by atoms with Crippen molar-refractivity contribution in [3.05, 3.63) is 29.3 Å². The Morgan fingerprint density at radius 3 is 2.68 bits per heavy atom. The van der Waals surface area contributed by atoms with Crippen LogP contribution in [0.5, 0.6) is 0 Å². The SMILES string of the molecule is CCN(CCC(O)c1ccc2c(c1)CCCN2C)C(C)(C)C. The molecule has 2 rings (SSSR count). The number of aliphatic hydroxyl groups excluding tert-OH is 1. The summed E-state index contributed by atoms with van der Waals surface area (Å²) in [5.41, 5.74) is 3.94. The Bertz CT molecular complexity index is 493. The summed E-state index contributed by atoms with van der Waals surface area (Å²) in [5.74, 6) is 0. The van der Waals surface area contributed by atoms with Gasteiger partial charge in [-0.25, -0.2) is 0 Å². The second-order valence-electron chi connectivity index (χ2n) is 7.47. The van der Waals surface area contributed by atoms with Crippen LogP contribution in [0.15, 0.2) is 18.2 Å². The quantitative estimate of drug-likeness (QED) is 0.900. The van der Waals surface area contributed by atoms with Crippen LogP contribution < -0.4 is 4.90 Å². The number of aryl methyl sites for hydroxylation is 1. The van der Waals surface area contributed by atoms with Crippen molar-refractivity contribution < 1.29 is 5.11 Å². The topological polar surface area (TPSA) is 26.7 Å². The Morgan fingerprint density at radius 2 is 2.05 bits per heavy atom.